The highest BCUT2D eigenvalue weighted by atomic mass is 32.2. The molecular weight excluding hydrogens is 688 g/mol. The molecule has 16 heteroatoms. The second kappa shape index (κ2) is 18.4. The number of pyridine rings is 1. The lowest BCUT2D eigenvalue weighted by Crippen LogP contribution is -2.19. The number of benzene rings is 2. The number of halogens is 2. The van der Waals surface area contributed by atoms with Gasteiger partial charge in [0, 0.05) is 35.3 Å². The number of methoxy groups -OCH3 is 1. The average molecular weight is 734 g/mol. The Labute approximate surface area is 295 Å². The highest BCUT2D eigenvalue weighted by Crippen LogP contribution is 2.36. The number of rotatable bonds is 20. The Bertz CT molecular complexity index is 1870. The predicted molar refractivity (Wildman–Crippen MR) is 187 cm³/mol. The number of sulfonamides is 1. The number of hydrogen-bond acceptors (Lipinski definition) is 12. The van der Waals surface area contributed by atoms with Crippen LogP contribution in [0.25, 0.3) is 22.0 Å². The molecule has 7 N–H and O–H groups in total. The maximum absolute atomic E-state index is 14.4. The zero-order valence-electron chi connectivity index (χ0n) is 28.5. The quantitative estimate of drug-likeness (QED) is 0.0762. The van der Waals surface area contributed by atoms with Crippen LogP contribution in [0.3, 0.4) is 0 Å². The van der Waals surface area contributed by atoms with Gasteiger partial charge in [-0.05, 0) is 94.3 Å². The average Bonchev–Trinajstić information content (AvgIpc) is 3.09. The van der Waals surface area contributed by atoms with Crippen molar-refractivity contribution in [3.63, 3.8) is 0 Å². The third kappa shape index (κ3) is 11.2. The van der Waals surface area contributed by atoms with Gasteiger partial charge in [-0.15, -0.1) is 0 Å². The van der Waals surface area contributed by atoms with Crippen molar-refractivity contribution in [1.82, 2.24) is 15.0 Å². The van der Waals surface area contributed by atoms with E-state index < -0.39 is 51.0 Å². The summed E-state index contributed by atoms with van der Waals surface area (Å²) in [4.78, 5) is 12.1. The van der Waals surface area contributed by atoms with Gasteiger partial charge in [0.2, 0.25) is 5.88 Å². The molecule has 0 fully saturated rings. The lowest BCUT2D eigenvalue weighted by molar-refractivity contribution is 0.0712. The molecule has 0 saturated heterocycles. The molecule has 0 saturated carbocycles. The van der Waals surface area contributed by atoms with Crippen LogP contribution < -0.4 is 19.9 Å². The highest BCUT2D eigenvalue weighted by molar-refractivity contribution is 7.92. The van der Waals surface area contributed by atoms with E-state index in [-0.39, 0.29) is 24.6 Å². The van der Waals surface area contributed by atoms with Crippen LogP contribution in [0.2, 0.25) is 0 Å². The summed E-state index contributed by atoms with van der Waals surface area (Å²) in [6.07, 6.45) is 3.17. The van der Waals surface area contributed by atoms with Crippen molar-refractivity contribution in [2.75, 3.05) is 25.0 Å². The Hall–Kier alpha value is -4.06. The van der Waals surface area contributed by atoms with Crippen LogP contribution in [0.5, 0.6) is 11.6 Å². The molecule has 4 atom stereocenters. The van der Waals surface area contributed by atoms with E-state index in [4.69, 9.17) is 15.2 Å². The molecule has 4 rings (SSSR count). The van der Waals surface area contributed by atoms with Gasteiger partial charge in [0.1, 0.15) is 39.8 Å². The van der Waals surface area contributed by atoms with E-state index in [1.807, 2.05) is 0 Å². The van der Waals surface area contributed by atoms with E-state index in [1.54, 1.807) is 19.1 Å². The minimum absolute atomic E-state index is 0.0879. The molecule has 0 spiro atoms. The van der Waals surface area contributed by atoms with Gasteiger partial charge >= 0.3 is 0 Å². The van der Waals surface area contributed by atoms with Crippen LogP contribution in [0.4, 0.5) is 14.5 Å². The van der Waals surface area contributed by atoms with Gasteiger partial charge in [0.25, 0.3) is 10.0 Å². The summed E-state index contributed by atoms with van der Waals surface area (Å²) in [5, 5.41) is 41.6. The minimum atomic E-state index is -4.51. The highest BCUT2D eigenvalue weighted by Gasteiger charge is 2.23. The van der Waals surface area contributed by atoms with Crippen molar-refractivity contribution in [1.29, 1.82) is 0 Å². The molecular formula is C35H45F2N5O8S. The summed E-state index contributed by atoms with van der Waals surface area (Å²) < 4.78 is 67.5. The first-order valence-electron chi connectivity index (χ1n) is 16.6. The van der Waals surface area contributed by atoms with Crippen LogP contribution in [0.1, 0.15) is 57.1 Å². The topological polar surface area (TPSA) is 210 Å². The predicted octanol–water partition coefficient (Wildman–Crippen LogP) is 3.99. The molecule has 0 aliphatic rings. The molecule has 278 valence electrons. The van der Waals surface area contributed by atoms with Crippen molar-refractivity contribution in [2.45, 2.75) is 87.6 Å². The molecule has 0 radical (unpaired) electrons. The van der Waals surface area contributed by atoms with E-state index in [2.05, 4.69) is 19.7 Å². The summed E-state index contributed by atoms with van der Waals surface area (Å²) in [5.41, 5.74) is 7.49. The van der Waals surface area contributed by atoms with E-state index in [0.29, 0.717) is 91.0 Å². The fourth-order valence-electron chi connectivity index (χ4n) is 5.50. The molecule has 0 aliphatic heterocycles. The fourth-order valence-corrected chi connectivity index (χ4v) is 6.61. The minimum Gasteiger partial charge on any atom is -0.491 e. The number of anilines is 1. The zero-order chi connectivity index (χ0) is 37.1. The van der Waals surface area contributed by atoms with E-state index >= 15 is 0 Å². The monoisotopic (exact) mass is 733 g/mol. The summed E-state index contributed by atoms with van der Waals surface area (Å²) in [6, 6.07) is 7.05. The molecule has 13 nitrogen and oxygen atoms in total. The van der Waals surface area contributed by atoms with Gasteiger partial charge in [-0.1, -0.05) is 0 Å². The molecule has 51 heavy (non-hydrogen) atoms. The van der Waals surface area contributed by atoms with Gasteiger partial charge in [-0.25, -0.2) is 32.2 Å². The smallest absolute Gasteiger partial charge is 0.264 e. The first-order valence-corrected chi connectivity index (χ1v) is 18.1. The summed E-state index contributed by atoms with van der Waals surface area (Å²) >= 11 is 0. The Morgan fingerprint density at radius 3 is 2.06 bits per heavy atom. The van der Waals surface area contributed by atoms with Crippen LogP contribution in [0.15, 0.2) is 53.8 Å². The van der Waals surface area contributed by atoms with Gasteiger partial charge in [-0.2, -0.15) is 0 Å². The summed E-state index contributed by atoms with van der Waals surface area (Å²) in [7, 11) is -3.21. The molecule has 0 aliphatic carbocycles. The summed E-state index contributed by atoms with van der Waals surface area (Å²) in [6.45, 7) is 2.28. The molecule has 4 unspecified atom stereocenters. The van der Waals surface area contributed by atoms with Crippen molar-refractivity contribution in [2.24, 2.45) is 5.73 Å². The fraction of sp³-hybridized carbons (Fsp3) is 0.457. The zero-order valence-corrected chi connectivity index (χ0v) is 29.3. The Morgan fingerprint density at radius 2 is 1.45 bits per heavy atom. The number of nitrogens with two attached hydrogens (primary N) is 1. The Kier molecular flexibility index (Phi) is 14.4. The van der Waals surface area contributed by atoms with Crippen molar-refractivity contribution in [3.05, 3.63) is 66.3 Å². The van der Waals surface area contributed by atoms with Crippen LogP contribution in [-0.2, 0) is 10.0 Å². The third-order valence-corrected chi connectivity index (χ3v) is 9.82. The van der Waals surface area contributed by atoms with Crippen LogP contribution in [-0.4, -0.2) is 88.5 Å². The van der Waals surface area contributed by atoms with E-state index in [9.17, 15) is 37.6 Å². The van der Waals surface area contributed by atoms with Crippen molar-refractivity contribution < 1.29 is 47.1 Å². The normalized spacial score (nSPS) is 14.2. The van der Waals surface area contributed by atoms with Crippen molar-refractivity contribution >= 4 is 26.6 Å². The number of hydrogen-bond donors (Lipinski definition) is 6. The van der Waals surface area contributed by atoms with Gasteiger partial charge in [0.05, 0.1) is 38.1 Å². The number of aromatic nitrogens is 3. The standard InChI is InChI=1S/C35H45F2N5O8S/c1-21-29-15-22(23-16-31(35(49-2)39-19-23)42-51(47,48)33-10-3-24(36)18-30(33)37)17-32(34(29)41-20-40-21)50-14-12-28(46)9-7-26(44)5-4-25(43)6-8-27(45)11-13-38/h3,10,15-20,25-28,42-46H,4-9,11-14,38H2,1-2H3. The van der Waals surface area contributed by atoms with Crippen molar-refractivity contribution in [3.8, 4) is 22.8 Å². The molecule has 2 aromatic heterocycles. The van der Waals surface area contributed by atoms with E-state index in [0.717, 1.165) is 12.1 Å². The first-order chi connectivity index (χ1) is 24.3. The molecule has 0 amide bonds. The number of fused-ring (bicyclic) bond motifs is 1. The van der Waals surface area contributed by atoms with Gasteiger partial charge in [-0.3, -0.25) is 4.72 Å². The lowest BCUT2D eigenvalue weighted by atomic mass is 9.99. The number of aryl methyl sites for hydroxylation is 1. The SMILES string of the molecule is COc1ncc(-c2cc(OCCC(O)CCC(O)CCC(O)CCC(O)CCN)c3ncnc(C)c3c2)cc1NS(=O)(=O)c1ccc(F)cc1F. The number of aliphatic hydroxyl groups is 4. The molecule has 0 bridgehead atoms. The van der Waals surface area contributed by atoms with E-state index in [1.165, 1.54) is 25.7 Å². The van der Waals surface area contributed by atoms with Gasteiger partial charge in [0.15, 0.2) is 0 Å². The molecule has 2 aromatic carbocycles. The maximum Gasteiger partial charge on any atom is 0.264 e. The number of aliphatic hydroxyl groups excluding tert-OH is 4. The maximum atomic E-state index is 14.4. The Morgan fingerprint density at radius 1 is 0.824 bits per heavy atom. The first kappa shape index (κ1) is 39.7. The number of nitrogens with one attached hydrogen (secondary N) is 1. The Balaban J connectivity index is 1.43. The number of nitrogens with zero attached hydrogens (tertiary/aromatic N) is 3. The van der Waals surface area contributed by atoms with Crippen LogP contribution in [0, 0.1) is 18.6 Å². The second-order valence-electron chi connectivity index (χ2n) is 12.4. The number of ether oxygens (including phenoxy) is 2. The second-order valence-corrected chi connectivity index (χ2v) is 14.0. The third-order valence-electron chi connectivity index (χ3n) is 8.42. The van der Waals surface area contributed by atoms with Gasteiger partial charge < -0.3 is 35.6 Å². The molecule has 4 aromatic rings. The van der Waals surface area contributed by atoms with Crippen LogP contribution >= 0.6 is 0 Å². The summed E-state index contributed by atoms with van der Waals surface area (Å²) in [5.74, 6) is -1.90. The lowest BCUT2D eigenvalue weighted by Gasteiger charge is -2.18. The largest absolute Gasteiger partial charge is 0.491 e. The molecule has 2 heterocycles.